The molecule has 174 valence electrons. The highest BCUT2D eigenvalue weighted by molar-refractivity contribution is 7.99. The molecule has 2 aromatic heterocycles. The molecule has 9 heteroatoms. The summed E-state index contributed by atoms with van der Waals surface area (Å²) >= 11 is 1.75. The highest BCUT2D eigenvalue weighted by Crippen LogP contribution is 2.37. The first-order valence-electron chi connectivity index (χ1n) is 11.4. The first kappa shape index (κ1) is 22.2. The van der Waals surface area contributed by atoms with E-state index in [4.69, 9.17) is 4.74 Å². The van der Waals surface area contributed by atoms with Crippen LogP contribution in [0.2, 0.25) is 0 Å². The van der Waals surface area contributed by atoms with Crippen LogP contribution in [0.4, 0.5) is 10.1 Å². The van der Waals surface area contributed by atoms with Crippen LogP contribution >= 0.6 is 11.8 Å². The fourth-order valence-electron chi connectivity index (χ4n) is 4.99. The van der Waals surface area contributed by atoms with E-state index in [1.165, 1.54) is 19.6 Å². The van der Waals surface area contributed by atoms with Gasteiger partial charge in [0.05, 0.1) is 7.11 Å². The average Bonchev–Trinajstić information content (AvgIpc) is 3.52. The number of pyridine rings is 1. The van der Waals surface area contributed by atoms with Gasteiger partial charge in [0.2, 0.25) is 0 Å². The Morgan fingerprint density at radius 2 is 2.09 bits per heavy atom. The molecule has 2 saturated heterocycles. The van der Waals surface area contributed by atoms with Crippen LogP contribution in [0.15, 0.2) is 47.8 Å². The van der Waals surface area contributed by atoms with Gasteiger partial charge >= 0.3 is 0 Å². The average molecular weight is 469 g/mol. The van der Waals surface area contributed by atoms with Crippen molar-refractivity contribution in [3.05, 3.63) is 48.4 Å². The second-order valence-corrected chi connectivity index (χ2v) is 9.73. The van der Waals surface area contributed by atoms with Crippen LogP contribution in [-0.4, -0.2) is 69.7 Å². The Balaban J connectivity index is 1.12. The van der Waals surface area contributed by atoms with Crippen molar-refractivity contribution in [2.75, 3.05) is 43.9 Å². The predicted octanol–water partition coefficient (Wildman–Crippen LogP) is 3.72. The number of nitrogens with zero attached hydrogens (tertiary/aromatic N) is 6. The minimum Gasteiger partial charge on any atom is -0.494 e. The summed E-state index contributed by atoms with van der Waals surface area (Å²) in [4.78, 5) is 9.37. The summed E-state index contributed by atoms with van der Waals surface area (Å²) in [6.45, 7) is 4.30. The molecule has 2 atom stereocenters. The highest BCUT2D eigenvalue weighted by atomic mass is 32.2. The Bertz CT molecular complexity index is 1090. The number of hydrogen-bond donors (Lipinski definition) is 0. The maximum Gasteiger partial charge on any atom is 0.191 e. The van der Waals surface area contributed by atoms with Crippen molar-refractivity contribution in [1.82, 2.24) is 24.6 Å². The molecule has 4 heterocycles. The van der Waals surface area contributed by atoms with Gasteiger partial charge in [-0.1, -0.05) is 17.8 Å². The van der Waals surface area contributed by atoms with Crippen LogP contribution < -0.4 is 9.64 Å². The van der Waals surface area contributed by atoms with E-state index >= 15 is 0 Å². The molecule has 33 heavy (non-hydrogen) atoms. The fourth-order valence-corrected chi connectivity index (χ4v) is 5.82. The molecule has 0 radical (unpaired) electrons. The van der Waals surface area contributed by atoms with Gasteiger partial charge in [0.1, 0.15) is 5.69 Å². The van der Waals surface area contributed by atoms with E-state index < -0.39 is 0 Å². The van der Waals surface area contributed by atoms with Gasteiger partial charge < -0.3 is 19.1 Å². The van der Waals surface area contributed by atoms with E-state index in [0.717, 1.165) is 60.7 Å². The van der Waals surface area contributed by atoms with Crippen molar-refractivity contribution >= 4 is 17.4 Å². The van der Waals surface area contributed by atoms with Crippen LogP contribution in [0.25, 0.3) is 11.5 Å². The van der Waals surface area contributed by atoms with Crippen molar-refractivity contribution in [3.63, 3.8) is 0 Å². The van der Waals surface area contributed by atoms with E-state index in [-0.39, 0.29) is 5.82 Å². The topological polar surface area (TPSA) is 59.3 Å². The van der Waals surface area contributed by atoms with Crippen LogP contribution in [-0.2, 0) is 7.05 Å². The quantitative estimate of drug-likeness (QED) is 0.369. The summed E-state index contributed by atoms with van der Waals surface area (Å²) < 4.78 is 21.0. The largest absolute Gasteiger partial charge is 0.494 e. The number of methoxy groups -OCH3 is 1. The van der Waals surface area contributed by atoms with Gasteiger partial charge in [-0.2, -0.15) is 0 Å². The molecule has 7 nitrogen and oxygen atoms in total. The minimum absolute atomic E-state index is 0.308. The number of hydrogen-bond acceptors (Lipinski definition) is 7. The number of thioether (sulfide) groups is 1. The maximum atomic E-state index is 13.8. The molecule has 0 amide bonds. The lowest BCUT2D eigenvalue weighted by atomic mass is 10.0. The fraction of sp³-hybridized carbons (Fsp3) is 0.458. The van der Waals surface area contributed by atoms with Crippen LogP contribution in [0.1, 0.15) is 12.8 Å². The molecular formula is C24H29FN6OS. The number of likely N-dealkylation sites (tertiary alicyclic amines) is 1. The first-order chi connectivity index (χ1) is 16.1. The van der Waals surface area contributed by atoms with E-state index in [1.807, 2.05) is 41.9 Å². The molecule has 0 saturated carbocycles. The van der Waals surface area contributed by atoms with Gasteiger partial charge in [-0.05, 0) is 49.6 Å². The molecule has 1 aromatic carbocycles. The van der Waals surface area contributed by atoms with E-state index in [2.05, 4.69) is 25.0 Å². The first-order valence-corrected chi connectivity index (χ1v) is 12.4. The zero-order valence-corrected chi connectivity index (χ0v) is 19.8. The van der Waals surface area contributed by atoms with Crippen LogP contribution in [0.3, 0.4) is 0 Å². The number of aromatic nitrogens is 4. The summed E-state index contributed by atoms with van der Waals surface area (Å²) in [5, 5.41) is 9.59. The van der Waals surface area contributed by atoms with E-state index in [1.54, 1.807) is 18.0 Å². The maximum absolute atomic E-state index is 13.8. The Hall–Kier alpha value is -2.65. The molecule has 0 N–H and O–H groups in total. The zero-order chi connectivity index (χ0) is 22.8. The molecule has 0 aliphatic carbocycles. The Morgan fingerprint density at radius 1 is 1.18 bits per heavy atom. The lowest BCUT2D eigenvalue weighted by molar-refractivity contribution is 0.319. The third-order valence-corrected chi connectivity index (χ3v) is 7.77. The number of halogens is 1. The minimum atomic E-state index is -0.308. The number of anilines is 1. The number of benzene rings is 1. The lowest BCUT2D eigenvalue weighted by Crippen LogP contribution is -2.35. The van der Waals surface area contributed by atoms with E-state index in [0.29, 0.717) is 17.7 Å². The van der Waals surface area contributed by atoms with Crippen molar-refractivity contribution in [2.45, 2.75) is 24.0 Å². The van der Waals surface area contributed by atoms with Crippen LogP contribution in [0, 0.1) is 11.7 Å². The predicted molar refractivity (Wildman–Crippen MR) is 128 cm³/mol. The summed E-state index contributed by atoms with van der Waals surface area (Å²) in [6.07, 6.45) is 4.06. The second-order valence-electron chi connectivity index (χ2n) is 8.67. The molecule has 2 fully saturated rings. The third-order valence-electron chi connectivity index (χ3n) is 6.67. The number of ether oxygens (including phenoxy) is 1. The lowest BCUT2D eigenvalue weighted by Gasteiger charge is -2.27. The summed E-state index contributed by atoms with van der Waals surface area (Å²) in [5.41, 5.74) is 1.90. The van der Waals surface area contributed by atoms with Crippen molar-refractivity contribution < 1.29 is 9.13 Å². The van der Waals surface area contributed by atoms with Gasteiger partial charge in [0.15, 0.2) is 22.5 Å². The Morgan fingerprint density at radius 3 is 2.91 bits per heavy atom. The van der Waals surface area contributed by atoms with Crippen LogP contribution in [0.5, 0.6) is 5.75 Å². The molecule has 0 bridgehead atoms. The van der Waals surface area contributed by atoms with E-state index in [9.17, 15) is 4.39 Å². The van der Waals surface area contributed by atoms with Crippen molar-refractivity contribution in [3.8, 4) is 17.3 Å². The van der Waals surface area contributed by atoms with Gasteiger partial charge in [-0.15, -0.1) is 10.2 Å². The van der Waals surface area contributed by atoms with Crippen molar-refractivity contribution in [2.24, 2.45) is 13.0 Å². The molecule has 2 aliphatic heterocycles. The van der Waals surface area contributed by atoms with Gasteiger partial charge in [0.25, 0.3) is 0 Å². The Kier molecular flexibility index (Phi) is 6.50. The normalized spacial score (nSPS) is 20.4. The molecule has 2 aliphatic rings. The highest BCUT2D eigenvalue weighted by Gasteiger charge is 2.41. The number of rotatable bonds is 8. The molecular weight excluding hydrogens is 439 g/mol. The standard InChI is InChI=1S/C24H29FN6OS/c1-29-23(20-6-3-4-10-26-20)27-28-24(29)33-13-5-11-30-15-17-9-12-31(21(17)16-30)18-7-8-19(25)22(14-18)32-2/h3-4,6-8,10,14,17,21H,5,9,11-13,15-16H2,1-2H3/t17-,21+/m1/s1. The SMILES string of the molecule is COc1cc(N2CC[C@@H]3CN(CCCSc4nnc(-c5ccccn5)n4C)C[C@@H]32)ccc1F. The zero-order valence-electron chi connectivity index (χ0n) is 19.0. The molecule has 0 spiro atoms. The molecule has 0 unspecified atom stereocenters. The number of fused-ring (bicyclic) bond motifs is 1. The second kappa shape index (κ2) is 9.69. The third kappa shape index (κ3) is 4.56. The molecule has 5 rings (SSSR count). The van der Waals surface area contributed by atoms with Crippen molar-refractivity contribution in [1.29, 1.82) is 0 Å². The smallest absolute Gasteiger partial charge is 0.191 e. The monoisotopic (exact) mass is 468 g/mol. The molecule has 3 aromatic rings. The summed E-state index contributed by atoms with van der Waals surface area (Å²) in [5.74, 6) is 2.48. The Labute approximate surface area is 198 Å². The van der Waals surface area contributed by atoms with Gasteiger partial charge in [-0.3, -0.25) is 4.98 Å². The van der Waals surface area contributed by atoms with Gasteiger partial charge in [-0.25, -0.2) is 4.39 Å². The summed E-state index contributed by atoms with van der Waals surface area (Å²) in [6, 6.07) is 11.5. The van der Waals surface area contributed by atoms with Gasteiger partial charge in [0, 0.05) is 56.4 Å². The summed E-state index contributed by atoms with van der Waals surface area (Å²) in [7, 11) is 3.51.